The molecule has 0 aromatic heterocycles. The molecule has 9 nitrogen and oxygen atoms in total. The number of aryl methyl sites for hydroxylation is 2. The zero-order valence-corrected chi connectivity index (χ0v) is 24.8. The summed E-state index contributed by atoms with van der Waals surface area (Å²) in [6.07, 6.45) is 1.37. The van der Waals surface area contributed by atoms with Crippen molar-refractivity contribution < 1.29 is 28.7 Å². The molecule has 0 bridgehead atoms. The average molecular weight is 674 g/mol. The number of rotatable bonds is 8. The van der Waals surface area contributed by atoms with E-state index in [-0.39, 0.29) is 23.8 Å². The highest BCUT2D eigenvalue weighted by atomic mass is 127. The number of barbiturate groups is 1. The summed E-state index contributed by atoms with van der Waals surface area (Å²) >= 11 is 7.95. The maximum Gasteiger partial charge on any atom is 0.335 e. The second kappa shape index (κ2) is 12.5. The maximum atomic E-state index is 13.2. The van der Waals surface area contributed by atoms with Crippen LogP contribution in [0.3, 0.4) is 0 Å². The molecular formula is C29H25ClIN3O6. The predicted molar refractivity (Wildman–Crippen MR) is 161 cm³/mol. The van der Waals surface area contributed by atoms with Gasteiger partial charge in [-0.2, -0.15) is 0 Å². The summed E-state index contributed by atoms with van der Waals surface area (Å²) in [5, 5.41) is 5.48. The maximum absolute atomic E-state index is 13.2. The molecule has 4 rings (SSSR count). The minimum absolute atomic E-state index is 0.241. The molecule has 0 saturated carbocycles. The van der Waals surface area contributed by atoms with Gasteiger partial charge in [-0.05, 0) is 109 Å². The van der Waals surface area contributed by atoms with Crippen LogP contribution in [0.1, 0.15) is 23.6 Å². The second-order valence-electron chi connectivity index (χ2n) is 8.85. The Bertz CT molecular complexity index is 1540. The van der Waals surface area contributed by atoms with E-state index in [0.717, 1.165) is 16.0 Å². The zero-order chi connectivity index (χ0) is 29.0. The minimum Gasteiger partial charge on any atom is -0.490 e. The zero-order valence-electron chi connectivity index (χ0n) is 21.8. The van der Waals surface area contributed by atoms with Gasteiger partial charge in [0.1, 0.15) is 5.57 Å². The van der Waals surface area contributed by atoms with Crippen molar-refractivity contribution in [2.75, 3.05) is 23.4 Å². The highest BCUT2D eigenvalue weighted by molar-refractivity contribution is 14.1. The van der Waals surface area contributed by atoms with Crippen molar-refractivity contribution in [3.8, 4) is 11.5 Å². The molecule has 11 heteroatoms. The number of carbonyl (C=O) groups is 4. The molecule has 40 heavy (non-hydrogen) atoms. The lowest BCUT2D eigenvalue weighted by Crippen LogP contribution is -2.54. The standard InChI is InChI=1S/C29H25ClIN3O6/c1-4-39-24-14-18(12-21-27(36)33-29(38)34(28(21)37)20-9-7-19(30)8-10-20)13-22(31)26(24)40-15-25(35)32-23-11-16(2)5-6-17(23)3/h5-14H,4,15H2,1-3H3,(H,32,35)(H,33,36,38)/b21-12-. The molecule has 2 N–H and O–H groups in total. The van der Waals surface area contributed by atoms with Gasteiger partial charge >= 0.3 is 6.03 Å². The average Bonchev–Trinajstić information content (AvgIpc) is 2.89. The number of ether oxygens (including phenoxy) is 2. The van der Waals surface area contributed by atoms with Crippen molar-refractivity contribution in [1.29, 1.82) is 0 Å². The number of anilines is 2. The molecule has 1 heterocycles. The molecule has 1 aliphatic rings. The van der Waals surface area contributed by atoms with E-state index >= 15 is 0 Å². The largest absolute Gasteiger partial charge is 0.490 e. The number of nitrogens with one attached hydrogen (secondary N) is 2. The summed E-state index contributed by atoms with van der Waals surface area (Å²) in [6, 6.07) is 14.3. The van der Waals surface area contributed by atoms with Gasteiger partial charge in [0.25, 0.3) is 17.7 Å². The van der Waals surface area contributed by atoms with E-state index < -0.39 is 17.8 Å². The monoisotopic (exact) mass is 673 g/mol. The van der Waals surface area contributed by atoms with E-state index in [2.05, 4.69) is 10.6 Å². The Morgan fingerprint density at radius 2 is 1.77 bits per heavy atom. The third-order valence-electron chi connectivity index (χ3n) is 5.84. The predicted octanol–water partition coefficient (Wildman–Crippen LogP) is 5.64. The van der Waals surface area contributed by atoms with Gasteiger partial charge in [0.05, 0.1) is 15.9 Å². The van der Waals surface area contributed by atoms with E-state index in [1.54, 1.807) is 19.1 Å². The molecular weight excluding hydrogens is 649 g/mol. The smallest absolute Gasteiger partial charge is 0.335 e. The first kappa shape index (κ1) is 29.1. The molecule has 0 radical (unpaired) electrons. The van der Waals surface area contributed by atoms with Crippen LogP contribution in [0.2, 0.25) is 5.02 Å². The fourth-order valence-electron chi connectivity index (χ4n) is 3.92. The summed E-state index contributed by atoms with van der Waals surface area (Å²) in [5.41, 5.74) is 3.14. The lowest BCUT2D eigenvalue weighted by molar-refractivity contribution is -0.122. The van der Waals surface area contributed by atoms with Crippen molar-refractivity contribution in [1.82, 2.24) is 5.32 Å². The molecule has 3 aromatic carbocycles. The fraction of sp³-hybridized carbons (Fsp3) is 0.172. The van der Waals surface area contributed by atoms with Crippen LogP contribution in [0.4, 0.5) is 16.2 Å². The Balaban J connectivity index is 1.58. The van der Waals surface area contributed by atoms with Gasteiger partial charge in [-0.15, -0.1) is 0 Å². The van der Waals surface area contributed by atoms with Crippen LogP contribution in [0, 0.1) is 17.4 Å². The Morgan fingerprint density at radius 3 is 2.48 bits per heavy atom. The van der Waals surface area contributed by atoms with E-state index in [0.29, 0.717) is 37.9 Å². The highest BCUT2D eigenvalue weighted by Crippen LogP contribution is 2.35. The third kappa shape index (κ3) is 6.62. The first-order valence-electron chi connectivity index (χ1n) is 12.2. The van der Waals surface area contributed by atoms with Gasteiger partial charge in [-0.1, -0.05) is 23.7 Å². The van der Waals surface area contributed by atoms with Crippen LogP contribution in [0.15, 0.2) is 60.2 Å². The van der Waals surface area contributed by atoms with Crippen LogP contribution in [-0.4, -0.2) is 37.0 Å². The van der Waals surface area contributed by atoms with Crippen molar-refractivity contribution in [2.24, 2.45) is 0 Å². The van der Waals surface area contributed by atoms with Crippen LogP contribution >= 0.6 is 34.2 Å². The van der Waals surface area contributed by atoms with Crippen LogP contribution < -0.4 is 25.0 Å². The first-order valence-corrected chi connectivity index (χ1v) is 13.7. The van der Waals surface area contributed by atoms with Crippen molar-refractivity contribution in [3.63, 3.8) is 0 Å². The van der Waals surface area contributed by atoms with E-state index in [1.807, 2.05) is 54.6 Å². The number of nitrogens with zero attached hydrogens (tertiary/aromatic N) is 1. The van der Waals surface area contributed by atoms with Gasteiger partial charge in [-0.25, -0.2) is 9.69 Å². The molecule has 0 aliphatic carbocycles. The molecule has 3 aromatic rings. The fourth-order valence-corrected chi connectivity index (χ4v) is 4.82. The molecule has 1 aliphatic heterocycles. The normalized spacial score (nSPS) is 14.3. The van der Waals surface area contributed by atoms with Gasteiger partial charge in [-0.3, -0.25) is 19.7 Å². The first-order chi connectivity index (χ1) is 19.1. The SMILES string of the molecule is CCOc1cc(/C=C2/C(=O)NC(=O)N(c3ccc(Cl)cc3)C2=O)cc(I)c1OCC(=O)Nc1cc(C)ccc1C. The minimum atomic E-state index is -0.859. The highest BCUT2D eigenvalue weighted by Gasteiger charge is 2.36. The number of amides is 5. The Hall–Kier alpha value is -3.90. The van der Waals surface area contributed by atoms with Gasteiger partial charge in [0.15, 0.2) is 18.1 Å². The Kier molecular flexibility index (Phi) is 9.10. The summed E-state index contributed by atoms with van der Waals surface area (Å²) in [7, 11) is 0. The molecule has 1 saturated heterocycles. The van der Waals surface area contributed by atoms with Crippen molar-refractivity contribution >= 4 is 75.4 Å². The van der Waals surface area contributed by atoms with E-state index in [1.165, 1.54) is 30.3 Å². The van der Waals surface area contributed by atoms with Gasteiger partial charge in [0, 0.05) is 10.7 Å². The number of carbonyl (C=O) groups excluding carboxylic acids is 4. The van der Waals surface area contributed by atoms with Crippen LogP contribution in [0.25, 0.3) is 6.08 Å². The molecule has 0 unspecified atom stereocenters. The van der Waals surface area contributed by atoms with Crippen molar-refractivity contribution in [2.45, 2.75) is 20.8 Å². The summed E-state index contributed by atoms with van der Waals surface area (Å²) < 4.78 is 12.2. The number of hydrogen-bond donors (Lipinski definition) is 2. The van der Waals surface area contributed by atoms with E-state index in [9.17, 15) is 19.2 Å². The summed E-state index contributed by atoms with van der Waals surface area (Å²) in [6.45, 7) is 5.68. The lowest BCUT2D eigenvalue weighted by Gasteiger charge is -2.26. The molecule has 206 valence electrons. The number of urea groups is 1. The second-order valence-corrected chi connectivity index (χ2v) is 10.5. The summed E-state index contributed by atoms with van der Waals surface area (Å²) in [5.74, 6) is -1.27. The summed E-state index contributed by atoms with van der Waals surface area (Å²) in [4.78, 5) is 51.8. The number of benzene rings is 3. The van der Waals surface area contributed by atoms with Crippen molar-refractivity contribution in [3.05, 3.63) is 85.5 Å². The van der Waals surface area contributed by atoms with Crippen LogP contribution in [-0.2, 0) is 14.4 Å². The number of imide groups is 2. The quantitative estimate of drug-likeness (QED) is 0.182. The number of hydrogen-bond acceptors (Lipinski definition) is 6. The molecule has 1 fully saturated rings. The Morgan fingerprint density at radius 1 is 1.05 bits per heavy atom. The van der Waals surface area contributed by atoms with Gasteiger partial charge in [0.2, 0.25) is 0 Å². The topological polar surface area (TPSA) is 114 Å². The third-order valence-corrected chi connectivity index (χ3v) is 6.90. The molecule has 5 amide bonds. The lowest BCUT2D eigenvalue weighted by atomic mass is 10.1. The van der Waals surface area contributed by atoms with Crippen LogP contribution in [0.5, 0.6) is 11.5 Å². The number of halogens is 2. The molecule has 0 atom stereocenters. The van der Waals surface area contributed by atoms with Gasteiger partial charge < -0.3 is 14.8 Å². The Labute approximate surface area is 249 Å². The molecule has 0 spiro atoms. The van der Waals surface area contributed by atoms with E-state index in [4.69, 9.17) is 21.1 Å².